The number of carbonyl (C=O) groups is 1. The molecule has 0 spiro atoms. The summed E-state index contributed by atoms with van der Waals surface area (Å²) in [6.45, 7) is 0.921. The van der Waals surface area contributed by atoms with Crippen molar-refractivity contribution in [1.29, 1.82) is 0 Å². The number of likely N-dealkylation sites (tertiary alicyclic amines) is 1. The fourth-order valence-electron chi connectivity index (χ4n) is 2.08. The van der Waals surface area contributed by atoms with Gasteiger partial charge >= 0.3 is 0 Å². The van der Waals surface area contributed by atoms with Gasteiger partial charge in [-0.2, -0.15) is 0 Å². The molecular weight excluding hydrogens is 318 g/mol. The summed E-state index contributed by atoms with van der Waals surface area (Å²) in [5, 5.41) is 1.49. The van der Waals surface area contributed by atoms with Gasteiger partial charge in [0.2, 0.25) is 0 Å². The van der Waals surface area contributed by atoms with Crippen LogP contribution in [0.1, 0.15) is 12.8 Å². The van der Waals surface area contributed by atoms with Crippen LogP contribution in [-0.2, 0) is 4.79 Å². The minimum absolute atomic E-state index is 0.0481. The first kappa shape index (κ1) is 13.7. The van der Waals surface area contributed by atoms with Crippen LogP contribution >= 0.6 is 27.5 Å². The molecule has 1 aliphatic heterocycles. The van der Waals surface area contributed by atoms with Gasteiger partial charge in [0.25, 0.3) is 5.91 Å². The van der Waals surface area contributed by atoms with E-state index in [1.54, 1.807) is 24.3 Å². The van der Waals surface area contributed by atoms with Gasteiger partial charge in [0.1, 0.15) is 5.75 Å². The van der Waals surface area contributed by atoms with Crippen LogP contribution in [0.2, 0.25) is 5.02 Å². The van der Waals surface area contributed by atoms with E-state index in [1.807, 2.05) is 4.90 Å². The van der Waals surface area contributed by atoms with Crippen LogP contribution in [-0.4, -0.2) is 35.3 Å². The van der Waals surface area contributed by atoms with Crippen LogP contribution in [0.5, 0.6) is 5.75 Å². The number of halogens is 2. The molecule has 3 nitrogen and oxygen atoms in total. The monoisotopic (exact) mass is 331 g/mol. The molecule has 1 fully saturated rings. The van der Waals surface area contributed by atoms with Gasteiger partial charge < -0.3 is 9.64 Å². The molecule has 5 heteroatoms. The molecule has 0 saturated carbocycles. The summed E-state index contributed by atoms with van der Waals surface area (Å²) < 4.78 is 5.46. The van der Waals surface area contributed by atoms with Crippen molar-refractivity contribution >= 4 is 33.4 Å². The number of hydrogen-bond acceptors (Lipinski definition) is 2. The Balaban J connectivity index is 1.86. The fraction of sp³-hybridized carbons (Fsp3) is 0.462. The highest BCUT2D eigenvalue weighted by Crippen LogP contribution is 2.20. The Labute approximate surface area is 120 Å². The lowest BCUT2D eigenvalue weighted by Gasteiger charge is -2.23. The topological polar surface area (TPSA) is 29.5 Å². The molecule has 98 valence electrons. The number of nitrogens with zero attached hydrogens (tertiary/aromatic N) is 1. The molecular formula is C13H15BrClNO2. The lowest BCUT2D eigenvalue weighted by atomic mass is 10.2. The van der Waals surface area contributed by atoms with Crippen molar-refractivity contribution in [2.45, 2.75) is 18.9 Å². The number of alkyl halides is 1. The molecule has 1 saturated heterocycles. The van der Waals surface area contributed by atoms with E-state index in [-0.39, 0.29) is 12.5 Å². The van der Waals surface area contributed by atoms with Crippen molar-refractivity contribution in [2.24, 2.45) is 0 Å². The van der Waals surface area contributed by atoms with E-state index in [9.17, 15) is 4.79 Å². The van der Waals surface area contributed by atoms with E-state index in [0.717, 1.165) is 24.7 Å². The van der Waals surface area contributed by atoms with Crippen LogP contribution in [0.4, 0.5) is 0 Å². The highest BCUT2D eigenvalue weighted by atomic mass is 79.9. The van der Waals surface area contributed by atoms with Crippen LogP contribution in [0.3, 0.4) is 0 Å². The molecule has 1 heterocycles. The Morgan fingerprint density at radius 3 is 2.83 bits per heavy atom. The van der Waals surface area contributed by atoms with Gasteiger partial charge in [-0.05, 0) is 37.1 Å². The molecule has 0 aromatic heterocycles. The zero-order valence-corrected chi connectivity index (χ0v) is 12.3. The quantitative estimate of drug-likeness (QED) is 0.793. The average molecular weight is 333 g/mol. The molecule has 1 aliphatic rings. The largest absolute Gasteiger partial charge is 0.484 e. The molecule has 1 amide bonds. The maximum atomic E-state index is 12.0. The second-order valence-corrected chi connectivity index (χ2v) is 5.36. The zero-order valence-electron chi connectivity index (χ0n) is 9.94. The summed E-state index contributed by atoms with van der Waals surface area (Å²) >= 11 is 9.22. The number of ether oxygens (including phenoxy) is 1. The molecule has 1 aromatic carbocycles. The molecule has 0 radical (unpaired) electrons. The van der Waals surface area contributed by atoms with E-state index in [4.69, 9.17) is 16.3 Å². The van der Waals surface area contributed by atoms with E-state index in [2.05, 4.69) is 15.9 Å². The third-order valence-corrected chi connectivity index (χ3v) is 4.05. The molecule has 0 N–H and O–H groups in total. The lowest BCUT2D eigenvalue weighted by molar-refractivity contribution is -0.133. The number of hydrogen-bond donors (Lipinski definition) is 0. The first-order chi connectivity index (χ1) is 8.70. The minimum Gasteiger partial charge on any atom is -0.484 e. The van der Waals surface area contributed by atoms with Crippen molar-refractivity contribution in [3.05, 3.63) is 29.3 Å². The van der Waals surface area contributed by atoms with E-state index in [1.165, 1.54) is 0 Å². The summed E-state index contributed by atoms with van der Waals surface area (Å²) in [6.07, 6.45) is 2.14. The van der Waals surface area contributed by atoms with Crippen LogP contribution in [0, 0.1) is 0 Å². The smallest absolute Gasteiger partial charge is 0.260 e. The zero-order chi connectivity index (χ0) is 13.0. The summed E-state index contributed by atoms with van der Waals surface area (Å²) in [4.78, 5) is 13.9. The third kappa shape index (κ3) is 3.39. The van der Waals surface area contributed by atoms with Crippen LogP contribution in [0.15, 0.2) is 24.3 Å². The van der Waals surface area contributed by atoms with Gasteiger partial charge in [-0.3, -0.25) is 4.79 Å². The van der Waals surface area contributed by atoms with Gasteiger partial charge in [0, 0.05) is 22.9 Å². The Morgan fingerprint density at radius 2 is 2.17 bits per heavy atom. The van der Waals surface area contributed by atoms with E-state index < -0.39 is 0 Å². The predicted octanol–water partition coefficient (Wildman–Crippen LogP) is 3.10. The number of carbonyl (C=O) groups excluding carboxylic acids is 1. The summed E-state index contributed by atoms with van der Waals surface area (Å²) in [6, 6.07) is 7.34. The first-order valence-electron chi connectivity index (χ1n) is 5.94. The highest BCUT2D eigenvalue weighted by molar-refractivity contribution is 9.09. The maximum Gasteiger partial charge on any atom is 0.260 e. The predicted molar refractivity (Wildman–Crippen MR) is 75.5 cm³/mol. The van der Waals surface area contributed by atoms with Crippen LogP contribution in [0.25, 0.3) is 0 Å². The van der Waals surface area contributed by atoms with Crippen molar-refractivity contribution < 1.29 is 9.53 Å². The van der Waals surface area contributed by atoms with Crippen molar-refractivity contribution in [3.8, 4) is 5.75 Å². The Kier molecular flexibility index (Phi) is 4.89. The second-order valence-electron chi connectivity index (χ2n) is 4.28. The van der Waals surface area contributed by atoms with Crippen LogP contribution < -0.4 is 4.74 Å². The van der Waals surface area contributed by atoms with Gasteiger partial charge in [-0.1, -0.05) is 27.5 Å². The molecule has 0 aliphatic carbocycles. The Morgan fingerprint density at radius 1 is 1.44 bits per heavy atom. The third-order valence-electron chi connectivity index (χ3n) is 3.05. The van der Waals surface area contributed by atoms with E-state index in [0.29, 0.717) is 16.8 Å². The summed E-state index contributed by atoms with van der Waals surface area (Å²) in [7, 11) is 0. The van der Waals surface area contributed by atoms with Gasteiger partial charge in [-0.25, -0.2) is 0 Å². The molecule has 1 unspecified atom stereocenters. The van der Waals surface area contributed by atoms with Gasteiger partial charge in [0.15, 0.2) is 6.61 Å². The molecule has 1 atom stereocenters. The normalized spacial score (nSPS) is 19.0. The lowest BCUT2D eigenvalue weighted by Crippen LogP contribution is -2.39. The summed E-state index contributed by atoms with van der Waals surface area (Å²) in [5.74, 6) is 0.717. The summed E-state index contributed by atoms with van der Waals surface area (Å²) in [5.41, 5.74) is 0. The van der Waals surface area contributed by atoms with E-state index >= 15 is 0 Å². The maximum absolute atomic E-state index is 12.0. The number of amides is 1. The molecule has 0 bridgehead atoms. The van der Waals surface area contributed by atoms with Crippen molar-refractivity contribution in [3.63, 3.8) is 0 Å². The Hall–Kier alpha value is -0.740. The second kappa shape index (κ2) is 6.43. The first-order valence-corrected chi connectivity index (χ1v) is 7.44. The SMILES string of the molecule is O=C(COc1ccc(Cl)cc1)N1CCCC1CBr. The molecule has 2 rings (SSSR count). The molecule has 18 heavy (non-hydrogen) atoms. The molecule has 1 aromatic rings. The average Bonchev–Trinajstić information content (AvgIpc) is 2.86. The van der Waals surface area contributed by atoms with Gasteiger partial charge in [-0.15, -0.1) is 0 Å². The highest BCUT2D eigenvalue weighted by Gasteiger charge is 2.27. The Bertz CT molecular complexity index is 410. The minimum atomic E-state index is 0.0481. The standard InChI is InChI=1S/C13H15BrClNO2/c14-8-11-2-1-7-16(11)13(17)9-18-12-5-3-10(15)4-6-12/h3-6,11H,1-2,7-9H2. The number of rotatable bonds is 4. The van der Waals surface area contributed by atoms with Crippen molar-refractivity contribution in [1.82, 2.24) is 4.90 Å². The fourth-order valence-corrected chi connectivity index (χ4v) is 2.88. The number of benzene rings is 1. The van der Waals surface area contributed by atoms with Crippen molar-refractivity contribution in [2.75, 3.05) is 18.5 Å². The van der Waals surface area contributed by atoms with Gasteiger partial charge in [0.05, 0.1) is 0 Å².